The van der Waals surface area contributed by atoms with Crippen LogP contribution < -0.4 is 15.5 Å². The van der Waals surface area contributed by atoms with E-state index in [9.17, 15) is 14.0 Å². The van der Waals surface area contributed by atoms with E-state index in [1.165, 1.54) is 30.5 Å². The number of hydrogen-bond acceptors (Lipinski definition) is 4. The largest absolute Gasteiger partial charge is 0.490 e. The summed E-state index contributed by atoms with van der Waals surface area (Å²) in [5, 5.41) is 6.08. The number of halogens is 1. The number of amides is 2. The Kier molecular flexibility index (Phi) is 6.41. The van der Waals surface area contributed by atoms with Gasteiger partial charge in [-0.05, 0) is 42.0 Å². The molecule has 0 aliphatic heterocycles. The Morgan fingerprint density at radius 3 is 2.40 bits per heavy atom. The van der Waals surface area contributed by atoms with Gasteiger partial charge in [-0.15, -0.1) is 0 Å². The molecule has 2 aromatic carbocycles. The second kappa shape index (κ2) is 8.97. The Bertz CT molecular complexity index is 771. The van der Waals surface area contributed by atoms with Crippen LogP contribution in [0.3, 0.4) is 0 Å². The number of nitrogens with one attached hydrogen (secondary N) is 2. The summed E-state index contributed by atoms with van der Waals surface area (Å²) in [4.78, 5) is 23.4. The molecule has 0 aliphatic carbocycles. The number of benzene rings is 2. The van der Waals surface area contributed by atoms with E-state index in [2.05, 4.69) is 22.4 Å². The molecule has 2 aromatic rings. The number of ether oxygens (including phenoxy) is 1. The minimum atomic E-state index is -0.926. The van der Waals surface area contributed by atoms with Crippen molar-refractivity contribution in [2.24, 2.45) is 5.10 Å². The first-order valence-corrected chi connectivity index (χ1v) is 7.32. The van der Waals surface area contributed by atoms with Gasteiger partial charge in [-0.1, -0.05) is 24.8 Å². The fourth-order valence-electron chi connectivity index (χ4n) is 1.74. The first-order valence-electron chi connectivity index (χ1n) is 7.32. The fourth-order valence-corrected chi connectivity index (χ4v) is 1.74. The van der Waals surface area contributed by atoms with Crippen LogP contribution in [-0.4, -0.2) is 24.6 Å². The molecule has 0 fully saturated rings. The van der Waals surface area contributed by atoms with Gasteiger partial charge in [0.2, 0.25) is 0 Å². The highest BCUT2D eigenvalue weighted by molar-refractivity contribution is 6.39. The molecule has 25 heavy (non-hydrogen) atoms. The normalized spacial score (nSPS) is 10.3. The number of nitrogens with zero attached hydrogens (tertiary/aromatic N) is 1. The number of hydrazone groups is 1. The van der Waals surface area contributed by atoms with Gasteiger partial charge in [0.15, 0.2) is 0 Å². The highest BCUT2D eigenvalue weighted by Crippen LogP contribution is 2.15. The molecule has 0 aliphatic rings. The average Bonchev–Trinajstić information content (AvgIpc) is 2.62. The van der Waals surface area contributed by atoms with Crippen molar-refractivity contribution in [3.63, 3.8) is 0 Å². The molecule has 7 heteroatoms. The lowest BCUT2D eigenvalue weighted by Gasteiger charge is -2.06. The molecule has 2 amide bonds. The SMILES string of the molecule is C=CCOc1ccc(NC(=O)C(=O)N/N=C\c2ccc(F)cc2)cc1. The Morgan fingerprint density at radius 1 is 1.08 bits per heavy atom. The van der Waals surface area contributed by atoms with Gasteiger partial charge in [0.05, 0.1) is 6.21 Å². The average molecular weight is 341 g/mol. The monoisotopic (exact) mass is 341 g/mol. The molecular formula is C18H16FN3O3. The van der Waals surface area contributed by atoms with Crippen molar-refractivity contribution in [2.75, 3.05) is 11.9 Å². The minimum absolute atomic E-state index is 0.374. The summed E-state index contributed by atoms with van der Waals surface area (Å²) in [5.74, 6) is -1.55. The third kappa shape index (κ3) is 5.91. The van der Waals surface area contributed by atoms with Gasteiger partial charge in [0.1, 0.15) is 18.2 Å². The summed E-state index contributed by atoms with van der Waals surface area (Å²) in [7, 11) is 0. The maximum atomic E-state index is 12.8. The van der Waals surface area contributed by atoms with Crippen molar-refractivity contribution in [3.8, 4) is 5.75 Å². The predicted molar refractivity (Wildman–Crippen MR) is 92.9 cm³/mol. The number of carbonyl (C=O) groups is 2. The van der Waals surface area contributed by atoms with Crippen LogP contribution in [0.15, 0.2) is 66.3 Å². The van der Waals surface area contributed by atoms with Gasteiger partial charge in [-0.3, -0.25) is 9.59 Å². The van der Waals surface area contributed by atoms with E-state index in [-0.39, 0.29) is 5.82 Å². The third-order valence-electron chi connectivity index (χ3n) is 2.94. The Labute approximate surface area is 144 Å². The zero-order valence-corrected chi connectivity index (χ0v) is 13.2. The zero-order chi connectivity index (χ0) is 18.1. The van der Waals surface area contributed by atoms with Gasteiger partial charge < -0.3 is 10.1 Å². The summed E-state index contributed by atoms with van der Waals surface area (Å²) >= 11 is 0. The predicted octanol–water partition coefficient (Wildman–Crippen LogP) is 2.48. The number of rotatable bonds is 6. The van der Waals surface area contributed by atoms with Crippen molar-refractivity contribution in [3.05, 3.63) is 72.6 Å². The van der Waals surface area contributed by atoms with Gasteiger partial charge in [0, 0.05) is 5.69 Å². The summed E-state index contributed by atoms with van der Waals surface area (Å²) in [6.45, 7) is 3.92. The molecule has 2 N–H and O–H groups in total. The first-order chi connectivity index (χ1) is 12.1. The van der Waals surface area contributed by atoms with Crippen LogP contribution in [0.25, 0.3) is 0 Å². The topological polar surface area (TPSA) is 79.8 Å². The molecule has 0 spiro atoms. The maximum absolute atomic E-state index is 12.8. The third-order valence-corrected chi connectivity index (χ3v) is 2.94. The quantitative estimate of drug-likeness (QED) is 0.367. The lowest BCUT2D eigenvalue weighted by atomic mass is 10.2. The standard InChI is InChI=1S/C18H16FN3O3/c1-2-11-25-16-9-7-15(8-10-16)21-17(23)18(24)22-20-12-13-3-5-14(19)6-4-13/h2-10,12H,1,11H2,(H,21,23)(H,22,24)/b20-12-. The Hall–Kier alpha value is -3.48. The molecule has 0 atom stereocenters. The van der Waals surface area contributed by atoms with E-state index in [1.54, 1.807) is 30.3 Å². The number of carbonyl (C=O) groups excluding carboxylic acids is 2. The Morgan fingerprint density at radius 2 is 1.76 bits per heavy atom. The van der Waals surface area contributed by atoms with E-state index < -0.39 is 11.8 Å². The number of anilines is 1. The van der Waals surface area contributed by atoms with Gasteiger partial charge in [-0.25, -0.2) is 9.82 Å². The second-order valence-corrected chi connectivity index (χ2v) is 4.83. The van der Waals surface area contributed by atoms with Crippen LogP contribution in [0.1, 0.15) is 5.56 Å². The maximum Gasteiger partial charge on any atom is 0.329 e. The molecule has 0 radical (unpaired) electrons. The van der Waals surface area contributed by atoms with Crippen LogP contribution in [0.5, 0.6) is 5.75 Å². The molecule has 0 unspecified atom stereocenters. The van der Waals surface area contributed by atoms with Crippen LogP contribution in [0, 0.1) is 5.82 Å². The van der Waals surface area contributed by atoms with Crippen LogP contribution in [0.2, 0.25) is 0 Å². The second-order valence-electron chi connectivity index (χ2n) is 4.83. The summed E-state index contributed by atoms with van der Waals surface area (Å²) in [6, 6.07) is 12.0. The van der Waals surface area contributed by atoms with E-state index >= 15 is 0 Å². The van der Waals surface area contributed by atoms with Crippen molar-refractivity contribution < 1.29 is 18.7 Å². The van der Waals surface area contributed by atoms with Crippen molar-refractivity contribution in [1.82, 2.24) is 5.43 Å². The zero-order valence-electron chi connectivity index (χ0n) is 13.2. The van der Waals surface area contributed by atoms with Crippen molar-refractivity contribution in [1.29, 1.82) is 0 Å². The molecule has 0 saturated heterocycles. The molecule has 6 nitrogen and oxygen atoms in total. The number of hydrogen-bond donors (Lipinski definition) is 2. The van der Waals surface area contributed by atoms with Gasteiger partial charge >= 0.3 is 11.8 Å². The molecular weight excluding hydrogens is 325 g/mol. The highest BCUT2D eigenvalue weighted by Gasteiger charge is 2.12. The molecule has 0 saturated carbocycles. The summed E-state index contributed by atoms with van der Waals surface area (Å²) in [5.41, 5.74) is 3.11. The van der Waals surface area contributed by atoms with Crippen LogP contribution in [0.4, 0.5) is 10.1 Å². The minimum Gasteiger partial charge on any atom is -0.490 e. The lowest BCUT2D eigenvalue weighted by Crippen LogP contribution is -2.32. The van der Waals surface area contributed by atoms with Crippen LogP contribution in [-0.2, 0) is 9.59 Å². The van der Waals surface area contributed by atoms with Gasteiger partial charge in [-0.2, -0.15) is 5.10 Å². The fraction of sp³-hybridized carbons (Fsp3) is 0.0556. The smallest absolute Gasteiger partial charge is 0.329 e. The van der Waals surface area contributed by atoms with E-state index in [1.807, 2.05) is 0 Å². The van der Waals surface area contributed by atoms with E-state index in [0.29, 0.717) is 23.6 Å². The molecule has 0 heterocycles. The van der Waals surface area contributed by atoms with E-state index in [0.717, 1.165) is 0 Å². The lowest BCUT2D eigenvalue weighted by molar-refractivity contribution is -0.136. The summed E-state index contributed by atoms with van der Waals surface area (Å²) in [6.07, 6.45) is 2.92. The van der Waals surface area contributed by atoms with Gasteiger partial charge in [0.25, 0.3) is 0 Å². The molecule has 2 rings (SSSR count). The van der Waals surface area contributed by atoms with E-state index in [4.69, 9.17) is 4.74 Å². The molecule has 0 aromatic heterocycles. The van der Waals surface area contributed by atoms with Crippen LogP contribution >= 0.6 is 0 Å². The van der Waals surface area contributed by atoms with Crippen molar-refractivity contribution >= 4 is 23.7 Å². The summed E-state index contributed by atoms with van der Waals surface area (Å²) < 4.78 is 18.1. The molecule has 0 bridgehead atoms. The highest BCUT2D eigenvalue weighted by atomic mass is 19.1. The van der Waals surface area contributed by atoms with Crippen molar-refractivity contribution in [2.45, 2.75) is 0 Å². The molecule has 128 valence electrons. The first kappa shape index (κ1) is 17.9. The Balaban J connectivity index is 1.84.